The molecular formula is C20H33IN4. The van der Waals surface area contributed by atoms with Crippen LogP contribution in [-0.4, -0.2) is 51.1 Å². The number of piperidine rings is 1. The minimum atomic E-state index is 0. The Labute approximate surface area is 169 Å². The fourth-order valence-corrected chi connectivity index (χ4v) is 3.73. The molecule has 140 valence electrons. The smallest absolute Gasteiger partial charge is 0.191 e. The molecule has 1 heterocycles. The number of hydrogen-bond donors (Lipinski definition) is 2. The summed E-state index contributed by atoms with van der Waals surface area (Å²) in [6, 6.07) is 10.9. The maximum Gasteiger partial charge on any atom is 0.191 e. The molecule has 1 aromatic rings. The van der Waals surface area contributed by atoms with E-state index in [0.29, 0.717) is 5.41 Å². The number of nitrogens with zero attached hydrogens (tertiary/aromatic N) is 2. The monoisotopic (exact) mass is 456 g/mol. The van der Waals surface area contributed by atoms with Crippen molar-refractivity contribution in [1.82, 2.24) is 15.5 Å². The number of halogens is 1. The number of hydrogen-bond acceptors (Lipinski definition) is 2. The number of nitrogens with one attached hydrogen (secondary N) is 2. The van der Waals surface area contributed by atoms with Crippen molar-refractivity contribution in [3.63, 3.8) is 0 Å². The third-order valence-corrected chi connectivity index (χ3v) is 5.74. The zero-order valence-corrected chi connectivity index (χ0v) is 18.0. The van der Waals surface area contributed by atoms with Crippen molar-refractivity contribution < 1.29 is 0 Å². The largest absolute Gasteiger partial charge is 0.356 e. The van der Waals surface area contributed by atoms with Crippen LogP contribution in [0.2, 0.25) is 0 Å². The normalized spacial score (nSPS) is 20.6. The molecule has 5 heteroatoms. The summed E-state index contributed by atoms with van der Waals surface area (Å²) in [4.78, 5) is 6.83. The first kappa shape index (κ1) is 20.5. The average Bonchev–Trinajstić information content (AvgIpc) is 3.41. The number of benzene rings is 1. The first-order valence-electron chi connectivity index (χ1n) is 9.40. The lowest BCUT2D eigenvalue weighted by Crippen LogP contribution is -2.42. The summed E-state index contributed by atoms with van der Waals surface area (Å²) >= 11 is 0. The molecule has 0 radical (unpaired) electrons. The van der Waals surface area contributed by atoms with E-state index in [-0.39, 0.29) is 24.0 Å². The number of aliphatic imine (C=N–C) groups is 1. The second-order valence-corrected chi connectivity index (χ2v) is 7.53. The topological polar surface area (TPSA) is 39.7 Å². The van der Waals surface area contributed by atoms with Crippen LogP contribution in [0.5, 0.6) is 0 Å². The molecule has 2 fully saturated rings. The van der Waals surface area contributed by atoms with Gasteiger partial charge in [-0.15, -0.1) is 24.0 Å². The second kappa shape index (κ2) is 9.76. The quantitative estimate of drug-likeness (QED) is 0.392. The summed E-state index contributed by atoms with van der Waals surface area (Å²) in [6.07, 6.45) is 6.47. The van der Waals surface area contributed by atoms with Crippen LogP contribution in [0.1, 0.15) is 37.7 Å². The lowest BCUT2D eigenvalue weighted by atomic mass is 9.94. The highest BCUT2D eigenvalue weighted by molar-refractivity contribution is 14.0. The summed E-state index contributed by atoms with van der Waals surface area (Å²) in [5.74, 6) is 1.82. The van der Waals surface area contributed by atoms with E-state index in [1.165, 1.54) is 50.8 Å². The highest BCUT2D eigenvalue weighted by Gasteiger charge is 2.43. The first-order chi connectivity index (χ1) is 11.7. The van der Waals surface area contributed by atoms with Crippen molar-refractivity contribution in [2.24, 2.45) is 10.9 Å². The Morgan fingerprint density at radius 2 is 1.84 bits per heavy atom. The van der Waals surface area contributed by atoms with Crippen LogP contribution >= 0.6 is 24.0 Å². The van der Waals surface area contributed by atoms with Crippen LogP contribution in [0.3, 0.4) is 0 Å². The minimum Gasteiger partial charge on any atom is -0.356 e. The molecule has 1 aromatic carbocycles. The van der Waals surface area contributed by atoms with Gasteiger partial charge in [0.25, 0.3) is 0 Å². The third-order valence-electron chi connectivity index (χ3n) is 5.74. The molecule has 0 spiro atoms. The molecule has 2 aliphatic rings. The van der Waals surface area contributed by atoms with E-state index >= 15 is 0 Å². The molecule has 0 bridgehead atoms. The lowest BCUT2D eigenvalue weighted by Gasteiger charge is -2.29. The molecule has 1 saturated carbocycles. The van der Waals surface area contributed by atoms with Crippen molar-refractivity contribution in [3.8, 4) is 0 Å². The van der Waals surface area contributed by atoms with Gasteiger partial charge >= 0.3 is 0 Å². The van der Waals surface area contributed by atoms with Gasteiger partial charge in [0.15, 0.2) is 5.96 Å². The standard InChI is InChI=1S/C20H32N4.HI/c1-21-19(22-13-8-17-9-14-24(2)15-10-17)23-16-20(11-12-20)18-6-4-3-5-7-18;/h3-7,17H,8-16H2,1-2H3,(H2,21,22,23);1H. The molecule has 1 aliphatic carbocycles. The molecule has 3 rings (SSSR count). The molecule has 25 heavy (non-hydrogen) atoms. The Balaban J connectivity index is 0.00000225. The Kier molecular flexibility index (Phi) is 8.00. The molecule has 2 N–H and O–H groups in total. The van der Waals surface area contributed by atoms with E-state index in [2.05, 4.69) is 57.9 Å². The van der Waals surface area contributed by atoms with Crippen molar-refractivity contribution in [2.45, 2.75) is 37.5 Å². The molecule has 0 amide bonds. The molecule has 4 nitrogen and oxygen atoms in total. The molecule has 0 unspecified atom stereocenters. The van der Waals surface area contributed by atoms with Gasteiger partial charge in [-0.2, -0.15) is 0 Å². The van der Waals surface area contributed by atoms with Crippen LogP contribution in [0, 0.1) is 5.92 Å². The van der Waals surface area contributed by atoms with E-state index in [0.717, 1.165) is 25.0 Å². The van der Waals surface area contributed by atoms with E-state index in [1.807, 2.05) is 7.05 Å². The average molecular weight is 456 g/mol. The van der Waals surface area contributed by atoms with E-state index in [9.17, 15) is 0 Å². The van der Waals surface area contributed by atoms with Gasteiger partial charge in [0.1, 0.15) is 0 Å². The van der Waals surface area contributed by atoms with Gasteiger partial charge < -0.3 is 15.5 Å². The number of guanidine groups is 1. The fourth-order valence-electron chi connectivity index (χ4n) is 3.73. The van der Waals surface area contributed by atoms with Crippen molar-refractivity contribution in [2.75, 3.05) is 40.3 Å². The summed E-state index contributed by atoms with van der Waals surface area (Å²) < 4.78 is 0. The highest BCUT2D eigenvalue weighted by atomic mass is 127. The van der Waals surface area contributed by atoms with Gasteiger partial charge in [-0.1, -0.05) is 30.3 Å². The summed E-state index contributed by atoms with van der Waals surface area (Å²) in [6.45, 7) is 4.49. The van der Waals surface area contributed by atoms with Gasteiger partial charge in [0.05, 0.1) is 0 Å². The molecule has 0 aromatic heterocycles. The van der Waals surface area contributed by atoms with Crippen LogP contribution in [0.15, 0.2) is 35.3 Å². The van der Waals surface area contributed by atoms with Crippen LogP contribution < -0.4 is 10.6 Å². The first-order valence-corrected chi connectivity index (χ1v) is 9.40. The fraction of sp³-hybridized carbons (Fsp3) is 0.650. The Hall–Kier alpha value is -0.820. The van der Waals surface area contributed by atoms with Crippen molar-refractivity contribution in [3.05, 3.63) is 35.9 Å². The summed E-state index contributed by atoms with van der Waals surface area (Å²) in [7, 11) is 4.09. The van der Waals surface area contributed by atoms with Gasteiger partial charge in [-0.05, 0) is 63.7 Å². The zero-order valence-electron chi connectivity index (χ0n) is 15.6. The molecule has 0 atom stereocenters. The summed E-state index contributed by atoms with van der Waals surface area (Å²) in [5, 5.41) is 7.05. The lowest BCUT2D eigenvalue weighted by molar-refractivity contribution is 0.213. The van der Waals surface area contributed by atoms with Crippen LogP contribution in [0.4, 0.5) is 0 Å². The van der Waals surface area contributed by atoms with Gasteiger partial charge in [-0.3, -0.25) is 4.99 Å². The predicted octanol–water partition coefficient (Wildman–Crippen LogP) is 3.23. The van der Waals surface area contributed by atoms with Crippen LogP contribution in [-0.2, 0) is 5.41 Å². The van der Waals surface area contributed by atoms with E-state index < -0.39 is 0 Å². The van der Waals surface area contributed by atoms with Gasteiger partial charge in [0.2, 0.25) is 0 Å². The number of rotatable bonds is 6. The van der Waals surface area contributed by atoms with Crippen LogP contribution in [0.25, 0.3) is 0 Å². The van der Waals surface area contributed by atoms with Gasteiger partial charge in [-0.25, -0.2) is 0 Å². The Bertz CT molecular complexity index is 534. The van der Waals surface area contributed by atoms with Crippen molar-refractivity contribution in [1.29, 1.82) is 0 Å². The molecular weight excluding hydrogens is 423 g/mol. The van der Waals surface area contributed by atoms with E-state index in [4.69, 9.17) is 0 Å². The second-order valence-electron chi connectivity index (χ2n) is 7.53. The molecule has 1 aliphatic heterocycles. The maximum atomic E-state index is 4.39. The predicted molar refractivity (Wildman–Crippen MR) is 117 cm³/mol. The third kappa shape index (κ3) is 5.84. The minimum absolute atomic E-state index is 0. The Morgan fingerprint density at radius 1 is 1.16 bits per heavy atom. The summed E-state index contributed by atoms with van der Waals surface area (Å²) in [5.41, 5.74) is 1.78. The number of likely N-dealkylation sites (tertiary alicyclic amines) is 1. The maximum absolute atomic E-state index is 4.39. The zero-order chi connectivity index (χ0) is 16.8. The SMILES string of the molecule is CN=C(NCCC1CCN(C)CC1)NCC1(c2ccccc2)CC1.I. The van der Waals surface area contributed by atoms with Crippen molar-refractivity contribution >= 4 is 29.9 Å². The highest BCUT2D eigenvalue weighted by Crippen LogP contribution is 2.47. The van der Waals surface area contributed by atoms with E-state index in [1.54, 1.807) is 0 Å². The molecule has 1 saturated heterocycles. The Morgan fingerprint density at radius 3 is 2.44 bits per heavy atom. The van der Waals surface area contributed by atoms with Gasteiger partial charge in [0, 0.05) is 25.6 Å².